The monoisotopic (exact) mass is 227 g/mol. The SMILES string of the molecule is On1cccnc1=NC1CCc2ccccc21. The molecular formula is C13H13N3O. The lowest BCUT2D eigenvalue weighted by atomic mass is 10.1. The van der Waals surface area contributed by atoms with Gasteiger partial charge in [-0.15, -0.1) is 0 Å². The molecule has 1 heterocycles. The zero-order valence-corrected chi connectivity index (χ0v) is 9.32. The molecule has 3 rings (SSSR count). The van der Waals surface area contributed by atoms with E-state index in [1.807, 2.05) is 12.1 Å². The summed E-state index contributed by atoms with van der Waals surface area (Å²) in [6.07, 6.45) is 5.19. The van der Waals surface area contributed by atoms with Crippen molar-refractivity contribution in [1.82, 2.24) is 9.71 Å². The average molecular weight is 227 g/mol. The lowest BCUT2D eigenvalue weighted by Crippen LogP contribution is -2.22. The van der Waals surface area contributed by atoms with Crippen LogP contribution < -0.4 is 5.62 Å². The molecule has 86 valence electrons. The van der Waals surface area contributed by atoms with Crippen LogP contribution in [0.5, 0.6) is 0 Å². The second kappa shape index (κ2) is 4.05. The Labute approximate surface area is 98.9 Å². The first-order valence-electron chi connectivity index (χ1n) is 5.69. The van der Waals surface area contributed by atoms with E-state index in [4.69, 9.17) is 0 Å². The summed E-state index contributed by atoms with van der Waals surface area (Å²) in [7, 11) is 0. The number of hydrogen-bond acceptors (Lipinski definition) is 3. The van der Waals surface area contributed by atoms with E-state index < -0.39 is 0 Å². The molecule has 1 aromatic heterocycles. The molecule has 0 saturated heterocycles. The van der Waals surface area contributed by atoms with E-state index in [1.54, 1.807) is 12.3 Å². The molecule has 0 aliphatic heterocycles. The van der Waals surface area contributed by atoms with E-state index in [1.165, 1.54) is 17.3 Å². The number of nitrogens with zero attached hydrogens (tertiary/aromatic N) is 3. The predicted molar refractivity (Wildman–Crippen MR) is 62.5 cm³/mol. The van der Waals surface area contributed by atoms with E-state index in [9.17, 15) is 5.21 Å². The van der Waals surface area contributed by atoms with Crippen LogP contribution in [0.3, 0.4) is 0 Å². The van der Waals surface area contributed by atoms with Gasteiger partial charge < -0.3 is 5.21 Å². The summed E-state index contributed by atoms with van der Waals surface area (Å²) in [6, 6.07) is 10.1. The number of fused-ring (bicyclic) bond motifs is 1. The average Bonchev–Trinajstić information content (AvgIpc) is 2.76. The van der Waals surface area contributed by atoms with Crippen molar-refractivity contribution in [3.63, 3.8) is 0 Å². The molecule has 1 aliphatic rings. The highest BCUT2D eigenvalue weighted by atomic mass is 16.5. The van der Waals surface area contributed by atoms with Crippen molar-refractivity contribution in [2.45, 2.75) is 18.9 Å². The van der Waals surface area contributed by atoms with Crippen LogP contribution in [0.1, 0.15) is 23.6 Å². The molecule has 4 heteroatoms. The summed E-state index contributed by atoms with van der Waals surface area (Å²) in [4.78, 5) is 8.56. The molecule has 0 amide bonds. The Hall–Kier alpha value is -2.10. The summed E-state index contributed by atoms with van der Waals surface area (Å²) >= 11 is 0. The fraction of sp³-hybridized carbons (Fsp3) is 0.231. The molecule has 1 aromatic carbocycles. The molecular weight excluding hydrogens is 214 g/mol. The van der Waals surface area contributed by atoms with Crippen LogP contribution in [0.15, 0.2) is 47.7 Å². The van der Waals surface area contributed by atoms with E-state index in [0.29, 0.717) is 5.62 Å². The van der Waals surface area contributed by atoms with Gasteiger partial charge in [0.05, 0.1) is 6.04 Å². The topological polar surface area (TPSA) is 50.4 Å². The minimum Gasteiger partial charge on any atom is -0.425 e. The number of rotatable bonds is 1. The Kier molecular flexibility index (Phi) is 2.40. The predicted octanol–water partition coefficient (Wildman–Crippen LogP) is 1.71. The van der Waals surface area contributed by atoms with Gasteiger partial charge in [0, 0.05) is 12.4 Å². The Morgan fingerprint density at radius 3 is 3.06 bits per heavy atom. The maximum absolute atomic E-state index is 9.58. The van der Waals surface area contributed by atoms with Crippen molar-refractivity contribution < 1.29 is 5.21 Å². The van der Waals surface area contributed by atoms with Crippen LogP contribution in [-0.4, -0.2) is 14.9 Å². The third-order valence-corrected chi connectivity index (χ3v) is 3.08. The molecule has 17 heavy (non-hydrogen) atoms. The highest BCUT2D eigenvalue weighted by Crippen LogP contribution is 2.33. The fourth-order valence-electron chi connectivity index (χ4n) is 2.26. The molecule has 1 N–H and O–H groups in total. The Morgan fingerprint density at radius 2 is 2.18 bits per heavy atom. The van der Waals surface area contributed by atoms with Gasteiger partial charge in [0.15, 0.2) is 0 Å². The summed E-state index contributed by atoms with van der Waals surface area (Å²) in [5, 5.41) is 9.58. The smallest absolute Gasteiger partial charge is 0.258 e. The molecule has 1 unspecified atom stereocenters. The summed E-state index contributed by atoms with van der Waals surface area (Å²) < 4.78 is 0.959. The first-order valence-corrected chi connectivity index (χ1v) is 5.69. The molecule has 1 aliphatic carbocycles. The van der Waals surface area contributed by atoms with Crippen LogP contribution >= 0.6 is 0 Å². The highest BCUT2D eigenvalue weighted by molar-refractivity contribution is 5.34. The van der Waals surface area contributed by atoms with Gasteiger partial charge in [-0.05, 0) is 30.0 Å². The number of benzene rings is 1. The third-order valence-electron chi connectivity index (χ3n) is 3.08. The largest absolute Gasteiger partial charge is 0.425 e. The van der Waals surface area contributed by atoms with Crippen LogP contribution in [0.4, 0.5) is 0 Å². The van der Waals surface area contributed by atoms with Gasteiger partial charge in [-0.1, -0.05) is 24.3 Å². The standard InChI is InChI=1S/C13H13N3O/c17-16-9-3-8-14-13(16)15-12-7-6-10-4-1-2-5-11(10)12/h1-5,8-9,12,17H,6-7H2. The molecule has 4 nitrogen and oxygen atoms in total. The van der Waals surface area contributed by atoms with Crippen molar-refractivity contribution in [1.29, 1.82) is 0 Å². The number of aryl methyl sites for hydroxylation is 1. The molecule has 0 spiro atoms. The number of aromatic nitrogens is 2. The molecule has 0 fully saturated rings. The lowest BCUT2D eigenvalue weighted by molar-refractivity contribution is 0.165. The first kappa shape index (κ1) is 10.1. The van der Waals surface area contributed by atoms with Gasteiger partial charge in [0.2, 0.25) is 0 Å². The van der Waals surface area contributed by atoms with Gasteiger partial charge in [0.25, 0.3) is 5.62 Å². The van der Waals surface area contributed by atoms with Crippen molar-refractivity contribution >= 4 is 0 Å². The van der Waals surface area contributed by atoms with Crippen LogP contribution in [0.2, 0.25) is 0 Å². The van der Waals surface area contributed by atoms with E-state index in [-0.39, 0.29) is 6.04 Å². The van der Waals surface area contributed by atoms with Crippen LogP contribution in [-0.2, 0) is 6.42 Å². The van der Waals surface area contributed by atoms with Gasteiger partial charge in [-0.25, -0.2) is 9.98 Å². The number of hydrogen-bond donors (Lipinski definition) is 1. The zero-order valence-electron chi connectivity index (χ0n) is 9.32. The Morgan fingerprint density at radius 1 is 1.29 bits per heavy atom. The van der Waals surface area contributed by atoms with Crippen molar-refractivity contribution in [2.24, 2.45) is 4.99 Å². The highest BCUT2D eigenvalue weighted by Gasteiger charge is 2.20. The summed E-state index contributed by atoms with van der Waals surface area (Å²) in [5.41, 5.74) is 2.95. The maximum Gasteiger partial charge on any atom is 0.258 e. The van der Waals surface area contributed by atoms with Crippen molar-refractivity contribution in [3.05, 3.63) is 59.5 Å². The zero-order chi connectivity index (χ0) is 11.7. The third kappa shape index (κ3) is 1.82. The summed E-state index contributed by atoms with van der Waals surface area (Å²) in [5.74, 6) is 0. The molecule has 0 radical (unpaired) electrons. The van der Waals surface area contributed by atoms with Crippen LogP contribution in [0.25, 0.3) is 0 Å². The van der Waals surface area contributed by atoms with Crippen LogP contribution in [0, 0.1) is 0 Å². The minimum atomic E-state index is 0.111. The van der Waals surface area contributed by atoms with E-state index in [0.717, 1.165) is 17.6 Å². The Balaban J connectivity index is 2.04. The van der Waals surface area contributed by atoms with Gasteiger partial charge in [-0.3, -0.25) is 0 Å². The van der Waals surface area contributed by atoms with Gasteiger partial charge >= 0.3 is 0 Å². The lowest BCUT2D eigenvalue weighted by Gasteiger charge is -2.05. The quantitative estimate of drug-likeness (QED) is 0.754. The summed E-state index contributed by atoms with van der Waals surface area (Å²) in [6.45, 7) is 0. The molecule has 2 aromatic rings. The second-order valence-electron chi connectivity index (χ2n) is 4.15. The van der Waals surface area contributed by atoms with Gasteiger partial charge in [-0.2, -0.15) is 4.73 Å². The fourth-order valence-corrected chi connectivity index (χ4v) is 2.26. The van der Waals surface area contributed by atoms with Crippen molar-refractivity contribution in [2.75, 3.05) is 0 Å². The second-order valence-corrected chi connectivity index (χ2v) is 4.15. The minimum absolute atomic E-state index is 0.111. The van der Waals surface area contributed by atoms with E-state index in [2.05, 4.69) is 22.1 Å². The van der Waals surface area contributed by atoms with Gasteiger partial charge in [0.1, 0.15) is 0 Å². The molecule has 0 saturated carbocycles. The molecule has 1 atom stereocenters. The maximum atomic E-state index is 9.58. The first-order chi connectivity index (χ1) is 8.34. The Bertz CT molecular complexity index is 603. The normalized spacial score (nSPS) is 19.3. The van der Waals surface area contributed by atoms with Crippen molar-refractivity contribution in [3.8, 4) is 0 Å². The molecule has 0 bridgehead atoms. The van der Waals surface area contributed by atoms with E-state index >= 15 is 0 Å².